The third-order valence-corrected chi connectivity index (χ3v) is 3.97. The number of hydrogen-bond acceptors (Lipinski definition) is 1. The summed E-state index contributed by atoms with van der Waals surface area (Å²) in [6.45, 7) is 4.37. The average molecular weight is 235 g/mol. The Bertz CT molecular complexity index is 358. The van der Waals surface area contributed by atoms with Gasteiger partial charge >= 0.3 is 0 Å². The Morgan fingerprint density at radius 1 is 1.24 bits per heavy atom. The maximum Gasteiger partial charge on any atom is 0.123 e. The molecule has 1 aromatic carbocycles. The highest BCUT2D eigenvalue weighted by Crippen LogP contribution is 2.28. The molecule has 2 rings (SSSR count). The predicted molar refractivity (Wildman–Crippen MR) is 69.4 cm³/mol. The Morgan fingerprint density at radius 2 is 1.94 bits per heavy atom. The lowest BCUT2D eigenvalue weighted by atomic mass is 9.98. The fraction of sp³-hybridized carbons (Fsp3) is 0.600. The molecule has 1 aromatic rings. The number of benzene rings is 1. The van der Waals surface area contributed by atoms with Gasteiger partial charge in [-0.25, -0.2) is 4.39 Å². The first-order chi connectivity index (χ1) is 8.16. The summed E-state index contributed by atoms with van der Waals surface area (Å²) >= 11 is 0. The topological polar surface area (TPSA) is 12.0 Å². The van der Waals surface area contributed by atoms with Gasteiger partial charge in [-0.2, -0.15) is 0 Å². The lowest BCUT2D eigenvalue weighted by molar-refractivity contribution is 0.352. The van der Waals surface area contributed by atoms with Crippen LogP contribution in [-0.2, 0) is 0 Å². The van der Waals surface area contributed by atoms with Gasteiger partial charge < -0.3 is 5.32 Å². The Kier molecular flexibility index (Phi) is 4.16. The molecular weight excluding hydrogens is 213 g/mol. The summed E-state index contributed by atoms with van der Waals surface area (Å²) in [5.74, 6) is 0.649. The van der Waals surface area contributed by atoms with E-state index in [9.17, 15) is 4.39 Å². The fourth-order valence-corrected chi connectivity index (χ4v) is 2.86. The third-order valence-electron chi connectivity index (χ3n) is 3.97. The molecule has 0 radical (unpaired) electrons. The van der Waals surface area contributed by atoms with E-state index in [1.54, 1.807) is 12.1 Å². The summed E-state index contributed by atoms with van der Waals surface area (Å²) in [6.07, 6.45) is 5.41. The van der Waals surface area contributed by atoms with Gasteiger partial charge in [0.15, 0.2) is 0 Å². The SMILES string of the molecule is CC(N[C@H](C)C1CCCC1)c1cccc(F)c1. The molecule has 94 valence electrons. The van der Waals surface area contributed by atoms with Crippen LogP contribution in [0.2, 0.25) is 0 Å². The van der Waals surface area contributed by atoms with Gasteiger partial charge in [0.25, 0.3) is 0 Å². The molecular formula is C15H22FN. The zero-order valence-electron chi connectivity index (χ0n) is 10.7. The molecule has 2 atom stereocenters. The van der Waals surface area contributed by atoms with Gasteiger partial charge in [-0.1, -0.05) is 25.0 Å². The van der Waals surface area contributed by atoms with E-state index in [0.29, 0.717) is 6.04 Å². The smallest absolute Gasteiger partial charge is 0.123 e. The summed E-state index contributed by atoms with van der Waals surface area (Å²) in [5.41, 5.74) is 1.04. The molecule has 0 amide bonds. The van der Waals surface area contributed by atoms with E-state index in [1.807, 2.05) is 6.07 Å². The molecule has 0 saturated heterocycles. The van der Waals surface area contributed by atoms with E-state index in [4.69, 9.17) is 0 Å². The second-order valence-corrected chi connectivity index (χ2v) is 5.28. The maximum atomic E-state index is 13.1. The Labute approximate surface area is 103 Å². The molecule has 17 heavy (non-hydrogen) atoms. The van der Waals surface area contributed by atoms with Crippen molar-refractivity contribution in [3.05, 3.63) is 35.6 Å². The third kappa shape index (κ3) is 3.29. The molecule has 1 aliphatic rings. The predicted octanol–water partition coefficient (Wildman–Crippen LogP) is 4.06. The van der Waals surface area contributed by atoms with E-state index in [1.165, 1.54) is 31.7 Å². The normalized spacial score (nSPS) is 20.4. The van der Waals surface area contributed by atoms with Crippen LogP contribution in [-0.4, -0.2) is 6.04 Å². The highest BCUT2D eigenvalue weighted by Gasteiger charge is 2.22. The van der Waals surface area contributed by atoms with Crippen molar-refractivity contribution in [3.63, 3.8) is 0 Å². The first-order valence-corrected chi connectivity index (χ1v) is 6.68. The van der Waals surface area contributed by atoms with Crippen molar-refractivity contribution in [1.29, 1.82) is 0 Å². The summed E-state index contributed by atoms with van der Waals surface area (Å²) in [6, 6.07) is 7.64. The summed E-state index contributed by atoms with van der Waals surface area (Å²) in [4.78, 5) is 0. The molecule has 1 saturated carbocycles. The van der Waals surface area contributed by atoms with Crippen LogP contribution < -0.4 is 5.32 Å². The molecule has 1 nitrogen and oxygen atoms in total. The highest BCUT2D eigenvalue weighted by molar-refractivity contribution is 5.19. The number of rotatable bonds is 4. The number of hydrogen-bond donors (Lipinski definition) is 1. The van der Waals surface area contributed by atoms with Crippen molar-refractivity contribution in [2.75, 3.05) is 0 Å². The van der Waals surface area contributed by atoms with Crippen LogP contribution in [0, 0.1) is 11.7 Å². The standard InChI is InChI=1S/C15H22FN/c1-11(13-6-3-4-7-13)17-12(2)14-8-5-9-15(16)10-14/h5,8-13,17H,3-4,6-7H2,1-2H3/t11-,12?/m1/s1. The summed E-state index contributed by atoms with van der Waals surface area (Å²) in [7, 11) is 0. The first-order valence-electron chi connectivity index (χ1n) is 6.68. The lowest BCUT2D eigenvalue weighted by Gasteiger charge is -2.25. The van der Waals surface area contributed by atoms with Crippen molar-refractivity contribution in [1.82, 2.24) is 5.32 Å². The summed E-state index contributed by atoms with van der Waals surface area (Å²) < 4.78 is 13.1. The molecule has 1 fully saturated rings. The minimum atomic E-state index is -0.148. The van der Waals surface area contributed by atoms with Crippen LogP contribution in [0.25, 0.3) is 0 Å². The Hall–Kier alpha value is -0.890. The van der Waals surface area contributed by atoms with E-state index in [-0.39, 0.29) is 11.9 Å². The highest BCUT2D eigenvalue weighted by atomic mass is 19.1. The van der Waals surface area contributed by atoms with Gasteiger partial charge in [0.05, 0.1) is 0 Å². The van der Waals surface area contributed by atoms with Crippen molar-refractivity contribution >= 4 is 0 Å². The van der Waals surface area contributed by atoms with Crippen molar-refractivity contribution < 1.29 is 4.39 Å². The van der Waals surface area contributed by atoms with E-state index < -0.39 is 0 Å². The second-order valence-electron chi connectivity index (χ2n) is 5.28. The van der Waals surface area contributed by atoms with Gasteiger partial charge in [-0.05, 0) is 50.3 Å². The van der Waals surface area contributed by atoms with Crippen LogP contribution in [0.1, 0.15) is 51.1 Å². The van der Waals surface area contributed by atoms with Gasteiger partial charge in [-0.3, -0.25) is 0 Å². The summed E-state index contributed by atoms with van der Waals surface area (Å²) in [5, 5.41) is 3.60. The van der Waals surface area contributed by atoms with Crippen LogP contribution in [0.3, 0.4) is 0 Å². The van der Waals surface area contributed by atoms with Gasteiger partial charge in [-0.15, -0.1) is 0 Å². The van der Waals surface area contributed by atoms with Crippen LogP contribution in [0.5, 0.6) is 0 Å². The molecule has 0 aromatic heterocycles. The number of halogens is 1. The largest absolute Gasteiger partial charge is 0.307 e. The van der Waals surface area contributed by atoms with Crippen LogP contribution in [0.4, 0.5) is 4.39 Å². The fourth-order valence-electron chi connectivity index (χ4n) is 2.86. The number of nitrogens with one attached hydrogen (secondary N) is 1. The molecule has 1 unspecified atom stereocenters. The molecule has 2 heteroatoms. The molecule has 0 spiro atoms. The van der Waals surface area contributed by atoms with Crippen molar-refractivity contribution in [2.45, 2.75) is 51.6 Å². The zero-order valence-corrected chi connectivity index (χ0v) is 10.7. The lowest BCUT2D eigenvalue weighted by Crippen LogP contribution is -2.34. The second kappa shape index (κ2) is 5.63. The molecule has 0 aliphatic heterocycles. The Morgan fingerprint density at radius 3 is 2.59 bits per heavy atom. The van der Waals surface area contributed by atoms with E-state index in [0.717, 1.165) is 11.5 Å². The monoisotopic (exact) mass is 235 g/mol. The molecule has 0 heterocycles. The van der Waals surface area contributed by atoms with Gasteiger partial charge in [0.2, 0.25) is 0 Å². The molecule has 0 bridgehead atoms. The maximum absolute atomic E-state index is 13.1. The van der Waals surface area contributed by atoms with Gasteiger partial charge in [0.1, 0.15) is 5.82 Å². The quantitative estimate of drug-likeness (QED) is 0.830. The van der Waals surface area contributed by atoms with E-state index in [2.05, 4.69) is 19.2 Å². The van der Waals surface area contributed by atoms with Crippen LogP contribution >= 0.6 is 0 Å². The average Bonchev–Trinajstić information content (AvgIpc) is 2.82. The molecule has 1 N–H and O–H groups in total. The molecule has 1 aliphatic carbocycles. The van der Waals surface area contributed by atoms with Crippen molar-refractivity contribution in [2.24, 2.45) is 5.92 Å². The zero-order chi connectivity index (χ0) is 12.3. The first kappa shape index (κ1) is 12.6. The van der Waals surface area contributed by atoms with Crippen LogP contribution in [0.15, 0.2) is 24.3 Å². The Balaban J connectivity index is 1.93. The van der Waals surface area contributed by atoms with E-state index >= 15 is 0 Å². The minimum Gasteiger partial charge on any atom is -0.307 e. The van der Waals surface area contributed by atoms with Gasteiger partial charge in [0, 0.05) is 12.1 Å². The van der Waals surface area contributed by atoms with Crippen molar-refractivity contribution in [3.8, 4) is 0 Å². The minimum absolute atomic E-state index is 0.148.